The Balaban J connectivity index is 2.10. The van der Waals surface area contributed by atoms with Crippen molar-refractivity contribution in [1.29, 1.82) is 0 Å². The van der Waals surface area contributed by atoms with Crippen molar-refractivity contribution >= 4 is 5.97 Å². The Morgan fingerprint density at radius 1 is 1.41 bits per heavy atom. The minimum Gasteiger partial charge on any atom is -0.480 e. The van der Waals surface area contributed by atoms with E-state index in [4.69, 9.17) is 5.11 Å². The van der Waals surface area contributed by atoms with Gasteiger partial charge in [0.1, 0.15) is 6.04 Å². The number of rotatable bonds is 6. The molecule has 2 atom stereocenters. The van der Waals surface area contributed by atoms with Crippen LogP contribution in [0.3, 0.4) is 0 Å². The van der Waals surface area contributed by atoms with Crippen LogP contribution in [0.2, 0.25) is 0 Å². The highest BCUT2D eigenvalue weighted by molar-refractivity contribution is 5.73. The van der Waals surface area contributed by atoms with E-state index in [0.717, 1.165) is 0 Å². The Morgan fingerprint density at radius 2 is 2.06 bits per heavy atom. The zero-order valence-electron chi connectivity index (χ0n) is 10.1. The topological polar surface area (TPSA) is 49.3 Å². The zero-order valence-corrected chi connectivity index (χ0v) is 10.1. The molecule has 1 aromatic rings. The van der Waals surface area contributed by atoms with Crippen LogP contribution in [0.25, 0.3) is 0 Å². The first-order valence-electron chi connectivity index (χ1n) is 6.26. The molecule has 0 aliphatic heterocycles. The highest BCUT2D eigenvalue weighted by atomic mass is 16.4. The van der Waals surface area contributed by atoms with E-state index in [2.05, 4.69) is 17.4 Å². The van der Waals surface area contributed by atoms with Crippen LogP contribution >= 0.6 is 0 Å². The standard InChI is InChI=1S/C14H19NO2/c1-2-12(14(16)17)15-13(11-8-9-11)10-6-4-3-5-7-10/h3-7,11-13,15H,2,8-9H2,1H3,(H,16,17). The number of benzene rings is 1. The average Bonchev–Trinajstić information content (AvgIpc) is 3.15. The van der Waals surface area contributed by atoms with Crippen molar-refractivity contribution in [1.82, 2.24) is 5.32 Å². The highest BCUT2D eigenvalue weighted by Crippen LogP contribution is 2.41. The van der Waals surface area contributed by atoms with Crippen molar-refractivity contribution in [3.63, 3.8) is 0 Å². The van der Waals surface area contributed by atoms with Gasteiger partial charge in [-0.2, -0.15) is 0 Å². The number of hydrogen-bond donors (Lipinski definition) is 2. The summed E-state index contributed by atoms with van der Waals surface area (Å²) < 4.78 is 0. The van der Waals surface area contributed by atoms with E-state index in [-0.39, 0.29) is 6.04 Å². The third kappa shape index (κ3) is 3.07. The Bertz CT molecular complexity index is 373. The monoisotopic (exact) mass is 233 g/mol. The average molecular weight is 233 g/mol. The van der Waals surface area contributed by atoms with Gasteiger partial charge >= 0.3 is 5.97 Å². The van der Waals surface area contributed by atoms with E-state index in [0.29, 0.717) is 12.3 Å². The normalized spacial score (nSPS) is 18.6. The smallest absolute Gasteiger partial charge is 0.320 e. The van der Waals surface area contributed by atoms with E-state index in [1.807, 2.05) is 25.1 Å². The van der Waals surface area contributed by atoms with Gasteiger partial charge in [-0.3, -0.25) is 10.1 Å². The van der Waals surface area contributed by atoms with Crippen molar-refractivity contribution in [2.45, 2.75) is 38.3 Å². The van der Waals surface area contributed by atoms with Crippen LogP contribution in [-0.2, 0) is 4.79 Å². The number of aliphatic carboxylic acids is 1. The summed E-state index contributed by atoms with van der Waals surface area (Å²) in [5, 5.41) is 12.4. The van der Waals surface area contributed by atoms with Crippen LogP contribution in [0.4, 0.5) is 0 Å². The van der Waals surface area contributed by atoms with Crippen LogP contribution in [0.15, 0.2) is 30.3 Å². The van der Waals surface area contributed by atoms with Gasteiger partial charge in [-0.1, -0.05) is 37.3 Å². The molecule has 0 aromatic heterocycles. The van der Waals surface area contributed by atoms with Crippen molar-refractivity contribution in [3.8, 4) is 0 Å². The lowest BCUT2D eigenvalue weighted by Gasteiger charge is -2.23. The molecule has 0 heterocycles. The number of carboxylic acid groups (broad SMARTS) is 1. The lowest BCUT2D eigenvalue weighted by molar-refractivity contribution is -0.139. The van der Waals surface area contributed by atoms with Gasteiger partial charge in [0.15, 0.2) is 0 Å². The number of hydrogen-bond acceptors (Lipinski definition) is 2. The predicted molar refractivity (Wildman–Crippen MR) is 66.8 cm³/mol. The molecule has 1 aliphatic rings. The van der Waals surface area contributed by atoms with Gasteiger partial charge in [0.2, 0.25) is 0 Å². The van der Waals surface area contributed by atoms with Crippen LogP contribution < -0.4 is 5.32 Å². The molecule has 2 N–H and O–H groups in total. The molecular formula is C14H19NO2. The highest BCUT2D eigenvalue weighted by Gasteiger charge is 2.34. The van der Waals surface area contributed by atoms with Crippen molar-refractivity contribution in [2.24, 2.45) is 5.92 Å². The van der Waals surface area contributed by atoms with Gasteiger partial charge in [-0.05, 0) is 30.7 Å². The molecule has 2 rings (SSSR count). The number of nitrogens with one attached hydrogen (secondary N) is 1. The summed E-state index contributed by atoms with van der Waals surface area (Å²) in [4.78, 5) is 11.1. The minimum absolute atomic E-state index is 0.192. The third-order valence-corrected chi connectivity index (χ3v) is 3.34. The van der Waals surface area contributed by atoms with Crippen LogP contribution in [0.5, 0.6) is 0 Å². The molecule has 0 radical (unpaired) electrons. The fourth-order valence-corrected chi connectivity index (χ4v) is 2.17. The summed E-state index contributed by atoms with van der Waals surface area (Å²) >= 11 is 0. The summed E-state index contributed by atoms with van der Waals surface area (Å²) in [6.45, 7) is 1.90. The van der Waals surface area contributed by atoms with Gasteiger partial charge in [0, 0.05) is 6.04 Å². The third-order valence-electron chi connectivity index (χ3n) is 3.34. The van der Waals surface area contributed by atoms with E-state index in [1.54, 1.807) is 0 Å². The molecular weight excluding hydrogens is 214 g/mol. The lowest BCUT2D eigenvalue weighted by Crippen LogP contribution is -2.39. The summed E-state index contributed by atoms with van der Waals surface area (Å²) in [6.07, 6.45) is 3.01. The lowest BCUT2D eigenvalue weighted by atomic mass is 10.0. The molecule has 92 valence electrons. The number of carboxylic acids is 1. The molecule has 3 heteroatoms. The van der Waals surface area contributed by atoms with Crippen LogP contribution in [0, 0.1) is 5.92 Å². The van der Waals surface area contributed by atoms with Crippen molar-refractivity contribution < 1.29 is 9.90 Å². The molecule has 1 aliphatic carbocycles. The first kappa shape index (κ1) is 12.1. The second kappa shape index (κ2) is 5.32. The predicted octanol–water partition coefficient (Wildman–Crippen LogP) is 2.59. The van der Waals surface area contributed by atoms with Gasteiger partial charge in [-0.25, -0.2) is 0 Å². The van der Waals surface area contributed by atoms with Crippen molar-refractivity contribution in [2.75, 3.05) is 0 Å². The van der Waals surface area contributed by atoms with Gasteiger partial charge in [-0.15, -0.1) is 0 Å². The Hall–Kier alpha value is -1.35. The summed E-state index contributed by atoms with van der Waals surface area (Å²) in [6, 6.07) is 9.90. The Labute approximate surface area is 102 Å². The fraction of sp³-hybridized carbons (Fsp3) is 0.500. The minimum atomic E-state index is -0.755. The Kier molecular flexibility index (Phi) is 3.79. The van der Waals surface area contributed by atoms with Gasteiger partial charge in [0.05, 0.1) is 0 Å². The number of carbonyl (C=O) groups is 1. The molecule has 1 aromatic carbocycles. The maximum absolute atomic E-state index is 11.1. The maximum Gasteiger partial charge on any atom is 0.320 e. The first-order valence-corrected chi connectivity index (χ1v) is 6.26. The summed E-state index contributed by atoms with van der Waals surface area (Å²) in [5.74, 6) is -0.153. The van der Waals surface area contributed by atoms with Gasteiger partial charge < -0.3 is 5.11 Å². The van der Waals surface area contributed by atoms with E-state index in [1.165, 1.54) is 18.4 Å². The summed E-state index contributed by atoms with van der Waals surface area (Å²) in [5.41, 5.74) is 1.20. The zero-order chi connectivity index (χ0) is 12.3. The molecule has 0 amide bonds. The van der Waals surface area contributed by atoms with E-state index in [9.17, 15) is 4.79 Å². The van der Waals surface area contributed by atoms with Crippen molar-refractivity contribution in [3.05, 3.63) is 35.9 Å². The second-order valence-corrected chi connectivity index (χ2v) is 4.69. The van der Waals surface area contributed by atoms with E-state index >= 15 is 0 Å². The molecule has 17 heavy (non-hydrogen) atoms. The van der Waals surface area contributed by atoms with Gasteiger partial charge in [0.25, 0.3) is 0 Å². The van der Waals surface area contributed by atoms with Crippen LogP contribution in [-0.4, -0.2) is 17.1 Å². The fourth-order valence-electron chi connectivity index (χ4n) is 2.17. The first-order chi connectivity index (χ1) is 8.22. The molecule has 1 fully saturated rings. The Morgan fingerprint density at radius 3 is 2.53 bits per heavy atom. The molecule has 0 bridgehead atoms. The molecule has 3 nitrogen and oxygen atoms in total. The second-order valence-electron chi connectivity index (χ2n) is 4.69. The molecule has 2 unspecified atom stereocenters. The largest absolute Gasteiger partial charge is 0.480 e. The maximum atomic E-state index is 11.1. The summed E-state index contributed by atoms with van der Waals surface area (Å²) in [7, 11) is 0. The van der Waals surface area contributed by atoms with E-state index < -0.39 is 12.0 Å². The quantitative estimate of drug-likeness (QED) is 0.794. The SMILES string of the molecule is CCC(NC(c1ccccc1)C1CC1)C(=O)O. The molecule has 0 spiro atoms. The molecule has 1 saturated carbocycles. The van der Waals surface area contributed by atoms with Crippen LogP contribution in [0.1, 0.15) is 37.8 Å². The molecule has 0 saturated heterocycles.